The van der Waals surface area contributed by atoms with E-state index >= 15 is 0 Å². The molecule has 0 atom stereocenters. The molecule has 0 amide bonds. The number of aryl methyl sites for hydroxylation is 1. The average Bonchev–Trinajstić information content (AvgIpc) is 3.13. The maximum absolute atomic E-state index is 13.2. The van der Waals surface area contributed by atoms with E-state index in [-0.39, 0.29) is 24.7 Å². The average molecular weight is 413 g/mol. The van der Waals surface area contributed by atoms with Crippen molar-refractivity contribution >= 4 is 16.6 Å². The van der Waals surface area contributed by atoms with Gasteiger partial charge in [0.25, 0.3) is 5.92 Å². The molecule has 1 aromatic carbocycles. The van der Waals surface area contributed by atoms with Crippen LogP contribution in [0.3, 0.4) is 0 Å². The van der Waals surface area contributed by atoms with Gasteiger partial charge in [-0.2, -0.15) is 0 Å². The highest BCUT2D eigenvalue weighted by Crippen LogP contribution is 2.25. The monoisotopic (exact) mass is 413 g/mol. The molecular formula is C22H25F2N5O. The highest BCUT2D eigenvalue weighted by molar-refractivity contribution is 5.88. The van der Waals surface area contributed by atoms with Gasteiger partial charge in [0, 0.05) is 49.2 Å². The van der Waals surface area contributed by atoms with Crippen molar-refractivity contribution in [3.63, 3.8) is 0 Å². The molecule has 3 aromatic rings. The zero-order chi connectivity index (χ0) is 21.3. The van der Waals surface area contributed by atoms with E-state index in [9.17, 15) is 13.6 Å². The van der Waals surface area contributed by atoms with Gasteiger partial charge in [0.1, 0.15) is 11.5 Å². The lowest BCUT2D eigenvalue weighted by Gasteiger charge is -2.32. The van der Waals surface area contributed by atoms with Crippen LogP contribution in [0, 0.1) is 5.92 Å². The number of halogens is 2. The molecule has 0 saturated carbocycles. The van der Waals surface area contributed by atoms with E-state index in [1.54, 1.807) is 15.8 Å². The van der Waals surface area contributed by atoms with E-state index in [1.165, 1.54) is 0 Å². The Balaban J connectivity index is 1.43. The normalized spacial score (nSPS) is 16.3. The van der Waals surface area contributed by atoms with Gasteiger partial charge in [-0.3, -0.25) is 19.4 Å². The molecule has 0 spiro atoms. The topological polar surface area (TPSA) is 63.9 Å². The van der Waals surface area contributed by atoms with Gasteiger partial charge in [-0.15, -0.1) is 5.10 Å². The first-order chi connectivity index (χ1) is 14.3. The van der Waals surface area contributed by atoms with Crippen molar-refractivity contribution in [2.24, 2.45) is 13.0 Å². The minimum Gasteiger partial charge on any atom is -0.299 e. The lowest BCUT2D eigenvalue weighted by atomic mass is 9.90. The zero-order valence-corrected chi connectivity index (χ0v) is 17.2. The number of alkyl halides is 2. The molecule has 3 heterocycles. The summed E-state index contributed by atoms with van der Waals surface area (Å²) >= 11 is 0. The third-order valence-electron chi connectivity index (χ3n) is 5.58. The molecule has 1 saturated heterocycles. The van der Waals surface area contributed by atoms with Gasteiger partial charge in [-0.1, -0.05) is 17.3 Å². The third kappa shape index (κ3) is 4.87. The molecule has 0 N–H and O–H groups in total. The summed E-state index contributed by atoms with van der Waals surface area (Å²) in [6.45, 7) is 1.76. The van der Waals surface area contributed by atoms with Crippen LogP contribution in [0.15, 0.2) is 36.7 Å². The standard InChI is InChI=1S/C22H25F2N5O/c1-22(23,24)14-29-7-5-15(6-8-29)21(30)11-19-10-18-9-16(3-4-17(18)12-25-19)20-13-28(2)27-26-20/h3-4,9-10,12-13,15H,5-8,11,14H2,1-2H3. The van der Waals surface area contributed by atoms with Crippen LogP contribution < -0.4 is 0 Å². The van der Waals surface area contributed by atoms with Crippen molar-refractivity contribution in [1.29, 1.82) is 0 Å². The molecule has 30 heavy (non-hydrogen) atoms. The molecule has 0 bridgehead atoms. The maximum Gasteiger partial charge on any atom is 0.257 e. The minimum absolute atomic E-state index is 0.0878. The number of carbonyl (C=O) groups excluding carboxylic acids is 1. The number of piperidine rings is 1. The van der Waals surface area contributed by atoms with Gasteiger partial charge in [0.05, 0.1) is 12.7 Å². The summed E-state index contributed by atoms with van der Waals surface area (Å²) in [7, 11) is 1.82. The summed E-state index contributed by atoms with van der Waals surface area (Å²) < 4.78 is 28.0. The number of hydrogen-bond donors (Lipinski definition) is 0. The van der Waals surface area contributed by atoms with Crippen LogP contribution in [0.4, 0.5) is 8.78 Å². The first-order valence-electron chi connectivity index (χ1n) is 10.2. The second kappa shape index (κ2) is 8.18. The molecule has 8 heteroatoms. The Kier molecular flexibility index (Phi) is 5.60. The number of likely N-dealkylation sites (tertiary alicyclic amines) is 1. The van der Waals surface area contributed by atoms with Crippen molar-refractivity contribution < 1.29 is 13.6 Å². The van der Waals surface area contributed by atoms with E-state index in [0.29, 0.717) is 25.9 Å². The Morgan fingerprint density at radius 3 is 2.63 bits per heavy atom. The van der Waals surface area contributed by atoms with Crippen LogP contribution >= 0.6 is 0 Å². The zero-order valence-electron chi connectivity index (χ0n) is 17.2. The fourth-order valence-corrected chi connectivity index (χ4v) is 4.05. The number of hydrogen-bond acceptors (Lipinski definition) is 5. The van der Waals surface area contributed by atoms with Crippen LogP contribution in [0.1, 0.15) is 25.5 Å². The number of Topliss-reactive ketones (excluding diaryl/α,β-unsaturated/α-hetero) is 1. The number of carbonyl (C=O) groups is 1. The van der Waals surface area contributed by atoms with Crippen LogP contribution in [-0.4, -0.2) is 56.2 Å². The van der Waals surface area contributed by atoms with Crippen molar-refractivity contribution in [2.75, 3.05) is 19.6 Å². The molecule has 0 unspecified atom stereocenters. The first-order valence-corrected chi connectivity index (χ1v) is 10.2. The Hall–Kier alpha value is -2.74. The minimum atomic E-state index is -2.70. The number of ketones is 1. The molecule has 1 aliphatic heterocycles. The molecule has 2 aromatic heterocycles. The van der Waals surface area contributed by atoms with Crippen LogP contribution in [-0.2, 0) is 18.3 Å². The molecule has 1 fully saturated rings. The lowest BCUT2D eigenvalue weighted by molar-refractivity contribution is -0.124. The van der Waals surface area contributed by atoms with Gasteiger partial charge in [0.15, 0.2) is 0 Å². The second-order valence-corrected chi connectivity index (χ2v) is 8.28. The number of fused-ring (bicyclic) bond motifs is 1. The molecule has 6 nitrogen and oxygen atoms in total. The molecule has 4 rings (SSSR count). The van der Waals surface area contributed by atoms with Crippen molar-refractivity contribution in [1.82, 2.24) is 24.9 Å². The Morgan fingerprint density at radius 2 is 1.97 bits per heavy atom. The molecule has 158 valence electrons. The van der Waals surface area contributed by atoms with E-state index in [2.05, 4.69) is 15.3 Å². The highest BCUT2D eigenvalue weighted by atomic mass is 19.3. The third-order valence-corrected chi connectivity index (χ3v) is 5.58. The number of benzene rings is 1. The first kappa shape index (κ1) is 20.5. The van der Waals surface area contributed by atoms with E-state index in [4.69, 9.17) is 0 Å². The van der Waals surface area contributed by atoms with Gasteiger partial charge in [0.2, 0.25) is 0 Å². The Labute approximate surface area is 173 Å². The lowest BCUT2D eigenvalue weighted by Crippen LogP contribution is -2.42. The van der Waals surface area contributed by atoms with Gasteiger partial charge in [-0.25, -0.2) is 8.78 Å². The summed E-state index contributed by atoms with van der Waals surface area (Å²) in [5, 5.41) is 10.1. The predicted octanol–water partition coefficient (Wildman–Crippen LogP) is 3.51. The largest absolute Gasteiger partial charge is 0.299 e. The Bertz CT molecular complexity index is 1050. The van der Waals surface area contributed by atoms with E-state index in [1.807, 2.05) is 37.5 Å². The summed E-state index contributed by atoms with van der Waals surface area (Å²) in [5.74, 6) is -2.65. The molecular weight excluding hydrogens is 388 g/mol. The van der Waals surface area contributed by atoms with Crippen molar-refractivity contribution in [3.05, 3.63) is 42.4 Å². The summed E-state index contributed by atoms with van der Waals surface area (Å²) in [5.41, 5.74) is 2.48. The maximum atomic E-state index is 13.2. The Morgan fingerprint density at radius 1 is 1.20 bits per heavy atom. The van der Waals surface area contributed by atoms with E-state index in [0.717, 1.165) is 34.6 Å². The second-order valence-electron chi connectivity index (χ2n) is 8.28. The molecule has 0 aliphatic carbocycles. The number of nitrogens with zero attached hydrogens (tertiary/aromatic N) is 5. The summed E-state index contributed by atoms with van der Waals surface area (Å²) in [4.78, 5) is 19.0. The van der Waals surface area contributed by atoms with Crippen LogP contribution in [0.2, 0.25) is 0 Å². The SMILES string of the molecule is Cn1cc(-c2ccc3cnc(CC(=O)C4CCN(CC(C)(F)F)CC4)cc3c2)nn1. The van der Waals surface area contributed by atoms with Crippen LogP contribution in [0.25, 0.3) is 22.0 Å². The van der Waals surface area contributed by atoms with Crippen LogP contribution in [0.5, 0.6) is 0 Å². The number of rotatable bonds is 6. The smallest absolute Gasteiger partial charge is 0.257 e. The predicted molar refractivity (Wildman–Crippen MR) is 110 cm³/mol. The quantitative estimate of drug-likeness (QED) is 0.619. The molecule has 0 radical (unpaired) electrons. The molecule has 1 aliphatic rings. The fraction of sp³-hybridized carbons (Fsp3) is 0.455. The summed E-state index contributed by atoms with van der Waals surface area (Å²) in [6.07, 6.45) is 5.15. The van der Waals surface area contributed by atoms with Gasteiger partial charge >= 0.3 is 0 Å². The van der Waals surface area contributed by atoms with Crippen molar-refractivity contribution in [2.45, 2.75) is 32.1 Å². The number of pyridine rings is 1. The highest BCUT2D eigenvalue weighted by Gasteiger charge is 2.30. The van der Waals surface area contributed by atoms with Crippen molar-refractivity contribution in [3.8, 4) is 11.3 Å². The van der Waals surface area contributed by atoms with E-state index < -0.39 is 5.92 Å². The fourth-order valence-electron chi connectivity index (χ4n) is 4.05. The van der Waals surface area contributed by atoms with Gasteiger partial charge < -0.3 is 0 Å². The van der Waals surface area contributed by atoms with Gasteiger partial charge in [-0.05, 0) is 43.5 Å². The number of aromatic nitrogens is 4. The summed E-state index contributed by atoms with van der Waals surface area (Å²) in [6, 6.07) is 7.93.